The number of anilines is 1. The molecule has 21 heavy (non-hydrogen) atoms. The highest BCUT2D eigenvalue weighted by Crippen LogP contribution is 2.42. The van der Waals surface area contributed by atoms with E-state index < -0.39 is 0 Å². The van der Waals surface area contributed by atoms with E-state index in [0.717, 1.165) is 6.42 Å². The third-order valence-electron chi connectivity index (χ3n) is 4.69. The first kappa shape index (κ1) is 11.2. The molecule has 1 heteroatoms. The fraction of sp³-hybridized carbons (Fsp3) is 0.100. The molecule has 1 heterocycles. The Hall–Kier alpha value is -2.54. The smallest absolute Gasteiger partial charge is 0.0561 e. The van der Waals surface area contributed by atoms with E-state index in [1.807, 2.05) is 0 Å². The summed E-state index contributed by atoms with van der Waals surface area (Å²) in [7, 11) is 0. The van der Waals surface area contributed by atoms with E-state index >= 15 is 0 Å². The lowest BCUT2D eigenvalue weighted by molar-refractivity contribution is 0.894. The topological polar surface area (TPSA) is 12.0 Å². The predicted molar refractivity (Wildman–Crippen MR) is 89.4 cm³/mol. The van der Waals surface area contributed by atoms with E-state index in [4.69, 9.17) is 0 Å². The second kappa shape index (κ2) is 3.98. The second-order valence-electron chi connectivity index (χ2n) is 5.94. The molecule has 1 aliphatic carbocycles. The molecule has 1 aliphatic heterocycles. The molecule has 1 unspecified atom stereocenters. The van der Waals surface area contributed by atoms with E-state index in [1.165, 1.54) is 38.7 Å². The molecular formula is C20H15N. The van der Waals surface area contributed by atoms with Gasteiger partial charge in [-0.1, -0.05) is 48.5 Å². The van der Waals surface area contributed by atoms with Crippen LogP contribution >= 0.6 is 0 Å². The van der Waals surface area contributed by atoms with Crippen LogP contribution in [0.5, 0.6) is 0 Å². The number of fused-ring (bicyclic) bond motifs is 5. The van der Waals surface area contributed by atoms with Gasteiger partial charge in [-0.25, -0.2) is 0 Å². The highest BCUT2D eigenvalue weighted by molar-refractivity contribution is 6.02. The minimum Gasteiger partial charge on any atom is -0.377 e. The highest BCUT2D eigenvalue weighted by Gasteiger charge is 2.29. The molecule has 0 fully saturated rings. The summed E-state index contributed by atoms with van der Waals surface area (Å²) in [6.45, 7) is 0. The molecule has 1 N–H and O–H groups in total. The first-order valence-electron chi connectivity index (χ1n) is 7.48. The maximum Gasteiger partial charge on any atom is 0.0561 e. The van der Waals surface area contributed by atoms with E-state index in [9.17, 15) is 0 Å². The molecule has 100 valence electrons. The van der Waals surface area contributed by atoms with Crippen LogP contribution in [0.2, 0.25) is 0 Å². The summed E-state index contributed by atoms with van der Waals surface area (Å²) in [4.78, 5) is 0. The molecule has 0 aromatic heterocycles. The molecule has 3 aromatic carbocycles. The van der Waals surface area contributed by atoms with Gasteiger partial charge in [-0.3, -0.25) is 0 Å². The normalized spacial score (nSPS) is 18.5. The molecule has 0 bridgehead atoms. The van der Waals surface area contributed by atoms with Crippen molar-refractivity contribution in [3.05, 3.63) is 77.4 Å². The molecule has 1 atom stereocenters. The van der Waals surface area contributed by atoms with Crippen LogP contribution in [-0.2, 0) is 6.42 Å². The molecule has 0 saturated heterocycles. The van der Waals surface area contributed by atoms with Crippen LogP contribution in [-0.4, -0.2) is 6.04 Å². The summed E-state index contributed by atoms with van der Waals surface area (Å²) in [5, 5.41) is 6.33. The van der Waals surface area contributed by atoms with E-state index in [2.05, 4.69) is 72.1 Å². The summed E-state index contributed by atoms with van der Waals surface area (Å²) in [6, 6.07) is 22.3. The molecule has 1 nitrogen and oxygen atoms in total. The largest absolute Gasteiger partial charge is 0.377 e. The lowest BCUT2D eigenvalue weighted by Gasteiger charge is -2.20. The fourth-order valence-corrected chi connectivity index (χ4v) is 3.64. The van der Waals surface area contributed by atoms with Crippen molar-refractivity contribution in [1.82, 2.24) is 0 Å². The first-order chi connectivity index (χ1) is 10.4. The van der Waals surface area contributed by atoms with E-state index in [1.54, 1.807) is 0 Å². The van der Waals surface area contributed by atoms with Gasteiger partial charge in [0.05, 0.1) is 6.04 Å². The highest BCUT2D eigenvalue weighted by atomic mass is 15.0. The number of hydrogen-bond acceptors (Lipinski definition) is 1. The van der Waals surface area contributed by atoms with Gasteiger partial charge in [0.1, 0.15) is 0 Å². The van der Waals surface area contributed by atoms with Gasteiger partial charge in [0.2, 0.25) is 0 Å². The zero-order chi connectivity index (χ0) is 13.8. The Bertz CT molecular complexity index is 905. The van der Waals surface area contributed by atoms with E-state index in [0.29, 0.717) is 6.04 Å². The summed E-state index contributed by atoms with van der Waals surface area (Å²) in [6.07, 6.45) is 3.43. The molecule has 0 spiro atoms. The van der Waals surface area contributed by atoms with Crippen molar-refractivity contribution in [2.75, 3.05) is 5.32 Å². The predicted octanol–water partition coefficient (Wildman–Crippen LogP) is 4.73. The third-order valence-corrected chi connectivity index (χ3v) is 4.69. The van der Waals surface area contributed by atoms with Crippen LogP contribution in [0.1, 0.15) is 16.7 Å². The van der Waals surface area contributed by atoms with Gasteiger partial charge < -0.3 is 5.32 Å². The zero-order valence-electron chi connectivity index (χ0n) is 11.6. The van der Waals surface area contributed by atoms with Gasteiger partial charge >= 0.3 is 0 Å². The van der Waals surface area contributed by atoms with Gasteiger partial charge in [0, 0.05) is 11.3 Å². The van der Waals surface area contributed by atoms with Gasteiger partial charge in [0.15, 0.2) is 0 Å². The lowest BCUT2D eigenvalue weighted by atomic mass is 9.87. The molecule has 2 aliphatic rings. The van der Waals surface area contributed by atoms with Crippen LogP contribution in [0.15, 0.2) is 60.7 Å². The van der Waals surface area contributed by atoms with Gasteiger partial charge in [-0.2, -0.15) is 0 Å². The van der Waals surface area contributed by atoms with Crippen molar-refractivity contribution in [1.29, 1.82) is 0 Å². The minimum atomic E-state index is 0.423. The Morgan fingerprint density at radius 2 is 1.62 bits per heavy atom. The van der Waals surface area contributed by atoms with Crippen LogP contribution in [0.25, 0.3) is 22.4 Å². The van der Waals surface area contributed by atoms with E-state index in [-0.39, 0.29) is 0 Å². The number of nitrogens with one attached hydrogen (secondary N) is 1. The standard InChI is InChI=1S/C20H15N/c1-3-7-15-11-19-17(9-13(15)5-1)18-10-14-6-2-4-8-16(14)12-20(18)21-19/h1-11,20-21H,12H2. The Balaban J connectivity index is 1.74. The van der Waals surface area contributed by atoms with Crippen molar-refractivity contribution in [3.8, 4) is 0 Å². The van der Waals surface area contributed by atoms with Crippen molar-refractivity contribution in [2.45, 2.75) is 12.5 Å². The maximum atomic E-state index is 3.70. The molecule has 0 saturated carbocycles. The van der Waals surface area contributed by atoms with Crippen LogP contribution in [0.4, 0.5) is 5.69 Å². The quantitative estimate of drug-likeness (QED) is 0.622. The average molecular weight is 269 g/mol. The van der Waals surface area contributed by atoms with Crippen LogP contribution in [0.3, 0.4) is 0 Å². The summed E-state index contributed by atoms with van der Waals surface area (Å²) < 4.78 is 0. The Kier molecular flexibility index (Phi) is 2.12. The summed E-state index contributed by atoms with van der Waals surface area (Å²) >= 11 is 0. The number of hydrogen-bond donors (Lipinski definition) is 1. The lowest BCUT2D eigenvalue weighted by Crippen LogP contribution is -2.20. The Labute approximate surface area is 123 Å². The maximum absolute atomic E-state index is 3.70. The average Bonchev–Trinajstić information content (AvgIpc) is 2.87. The van der Waals surface area contributed by atoms with Crippen LogP contribution in [0, 0.1) is 0 Å². The Morgan fingerprint density at radius 1 is 0.857 bits per heavy atom. The molecule has 0 radical (unpaired) electrons. The third kappa shape index (κ3) is 1.58. The molecular weight excluding hydrogens is 254 g/mol. The summed E-state index contributed by atoms with van der Waals surface area (Å²) in [5.41, 5.74) is 6.89. The Morgan fingerprint density at radius 3 is 2.52 bits per heavy atom. The molecule has 0 amide bonds. The van der Waals surface area contributed by atoms with Gasteiger partial charge in [0.25, 0.3) is 0 Å². The van der Waals surface area contributed by atoms with Crippen molar-refractivity contribution >= 4 is 28.1 Å². The van der Waals surface area contributed by atoms with Crippen molar-refractivity contribution < 1.29 is 0 Å². The minimum absolute atomic E-state index is 0.423. The zero-order valence-corrected chi connectivity index (χ0v) is 11.6. The van der Waals surface area contributed by atoms with Gasteiger partial charge in [-0.15, -0.1) is 0 Å². The second-order valence-corrected chi connectivity index (χ2v) is 5.94. The summed E-state index contributed by atoms with van der Waals surface area (Å²) in [5.74, 6) is 0. The SMILES string of the molecule is C1=C2c3cc4ccccc4cc3NC2Cc2ccccc21. The monoisotopic (exact) mass is 269 g/mol. The van der Waals surface area contributed by atoms with Crippen molar-refractivity contribution in [2.24, 2.45) is 0 Å². The van der Waals surface area contributed by atoms with Crippen LogP contribution < -0.4 is 5.32 Å². The van der Waals surface area contributed by atoms with Gasteiger partial charge in [-0.05, 0) is 52.1 Å². The van der Waals surface area contributed by atoms with Crippen molar-refractivity contribution in [3.63, 3.8) is 0 Å². The fourth-order valence-electron chi connectivity index (χ4n) is 3.64. The molecule has 5 rings (SSSR count). The molecule has 3 aromatic rings. The first-order valence-corrected chi connectivity index (χ1v) is 7.48. The number of benzene rings is 3. The number of rotatable bonds is 0.